The molecule has 0 saturated carbocycles. The van der Waals surface area contributed by atoms with Crippen molar-refractivity contribution in [3.05, 3.63) is 59.9 Å². The number of nitrogens with one attached hydrogen (secondary N) is 1. The Balaban J connectivity index is 1.67. The molecule has 118 valence electrons. The summed E-state index contributed by atoms with van der Waals surface area (Å²) in [5.41, 5.74) is 4.30. The van der Waals surface area contributed by atoms with Crippen LogP contribution < -0.4 is 5.32 Å². The number of carbonyl (C=O) groups excluding carboxylic acids is 1. The van der Waals surface area contributed by atoms with Gasteiger partial charge in [0.25, 0.3) is 0 Å². The van der Waals surface area contributed by atoms with Gasteiger partial charge in [0.15, 0.2) is 0 Å². The highest BCUT2D eigenvalue weighted by Gasteiger charge is 2.07. The summed E-state index contributed by atoms with van der Waals surface area (Å²) in [5, 5.41) is 2.86. The number of rotatable bonds is 5. The van der Waals surface area contributed by atoms with Gasteiger partial charge in [0, 0.05) is 25.6 Å². The van der Waals surface area contributed by atoms with Crippen LogP contribution in [0, 0.1) is 0 Å². The minimum Gasteiger partial charge on any atom is -0.331 e. The maximum atomic E-state index is 11.4. The van der Waals surface area contributed by atoms with E-state index >= 15 is 0 Å². The number of para-hydroxylation sites is 2. The predicted molar refractivity (Wildman–Crippen MR) is 93.5 cm³/mol. The second kappa shape index (κ2) is 6.65. The highest BCUT2D eigenvalue weighted by molar-refractivity contribution is 5.90. The molecule has 3 rings (SSSR count). The molecule has 0 bridgehead atoms. The Kier molecular flexibility index (Phi) is 4.42. The lowest BCUT2D eigenvalue weighted by molar-refractivity contribution is -0.115. The van der Waals surface area contributed by atoms with E-state index in [-0.39, 0.29) is 5.91 Å². The van der Waals surface area contributed by atoms with Crippen LogP contribution >= 0.6 is 0 Å². The number of amides is 1. The van der Waals surface area contributed by atoms with Gasteiger partial charge >= 0.3 is 0 Å². The molecular weight excluding hydrogens is 286 g/mol. The van der Waals surface area contributed by atoms with Gasteiger partial charge in [-0.05, 0) is 36.2 Å². The van der Waals surface area contributed by atoms with Crippen molar-refractivity contribution in [3.8, 4) is 0 Å². The highest BCUT2D eigenvalue weighted by atomic mass is 16.1. The summed E-state index contributed by atoms with van der Waals surface area (Å²) in [6.07, 6.45) is 2.32. The number of nitrogens with zero attached hydrogens (tertiary/aromatic N) is 2. The lowest BCUT2D eigenvalue weighted by Crippen LogP contribution is -2.09. The molecule has 4 nitrogen and oxygen atoms in total. The quantitative estimate of drug-likeness (QED) is 0.781. The van der Waals surface area contributed by atoms with Crippen molar-refractivity contribution in [1.82, 2.24) is 9.55 Å². The Morgan fingerprint density at radius 3 is 2.52 bits per heavy atom. The molecule has 0 spiro atoms. The fourth-order valence-corrected chi connectivity index (χ4v) is 2.68. The molecule has 0 aliphatic carbocycles. The van der Waals surface area contributed by atoms with E-state index in [1.807, 2.05) is 37.3 Å². The van der Waals surface area contributed by atoms with Crippen molar-refractivity contribution < 1.29 is 4.79 Å². The molecule has 3 aromatic rings. The minimum atomic E-state index is 0.0393. The maximum Gasteiger partial charge on any atom is 0.224 e. The van der Waals surface area contributed by atoms with E-state index in [0.29, 0.717) is 6.42 Å². The molecule has 23 heavy (non-hydrogen) atoms. The van der Waals surface area contributed by atoms with E-state index in [4.69, 9.17) is 4.98 Å². The Morgan fingerprint density at radius 1 is 1.09 bits per heavy atom. The normalized spacial score (nSPS) is 10.9. The van der Waals surface area contributed by atoms with Gasteiger partial charge in [-0.3, -0.25) is 4.79 Å². The number of aryl methyl sites for hydroxylation is 3. The van der Waals surface area contributed by atoms with Crippen LogP contribution in [0.15, 0.2) is 48.5 Å². The largest absolute Gasteiger partial charge is 0.331 e. The zero-order chi connectivity index (χ0) is 16.2. The van der Waals surface area contributed by atoms with Crippen LogP contribution in [0.2, 0.25) is 0 Å². The van der Waals surface area contributed by atoms with Crippen molar-refractivity contribution in [2.75, 3.05) is 5.32 Å². The predicted octanol–water partition coefficient (Wildman–Crippen LogP) is 3.71. The van der Waals surface area contributed by atoms with E-state index in [2.05, 4.69) is 35.1 Å². The van der Waals surface area contributed by atoms with Gasteiger partial charge in [-0.2, -0.15) is 0 Å². The van der Waals surface area contributed by atoms with Crippen LogP contribution in [0.1, 0.15) is 24.7 Å². The fourth-order valence-electron chi connectivity index (χ4n) is 2.68. The lowest BCUT2D eigenvalue weighted by Gasteiger charge is -2.06. The van der Waals surface area contributed by atoms with Gasteiger partial charge in [-0.15, -0.1) is 0 Å². The first-order valence-electron chi connectivity index (χ1n) is 7.96. The van der Waals surface area contributed by atoms with E-state index < -0.39 is 0 Å². The highest BCUT2D eigenvalue weighted by Crippen LogP contribution is 2.17. The van der Waals surface area contributed by atoms with Crippen LogP contribution in [0.25, 0.3) is 11.0 Å². The van der Waals surface area contributed by atoms with E-state index in [9.17, 15) is 4.79 Å². The van der Waals surface area contributed by atoms with E-state index in [1.54, 1.807) is 0 Å². The molecule has 0 aliphatic heterocycles. The van der Waals surface area contributed by atoms with Gasteiger partial charge in [0.2, 0.25) is 5.91 Å². The van der Waals surface area contributed by atoms with E-state index in [1.165, 1.54) is 11.1 Å². The number of hydrogen-bond donors (Lipinski definition) is 1. The summed E-state index contributed by atoms with van der Waals surface area (Å²) >= 11 is 0. The third kappa shape index (κ3) is 3.42. The molecule has 0 saturated heterocycles. The Hall–Kier alpha value is -2.62. The van der Waals surface area contributed by atoms with Crippen molar-refractivity contribution >= 4 is 22.6 Å². The second-order valence-electron chi connectivity index (χ2n) is 5.67. The molecule has 0 radical (unpaired) electrons. The van der Waals surface area contributed by atoms with Crippen molar-refractivity contribution in [1.29, 1.82) is 0 Å². The van der Waals surface area contributed by atoms with Gasteiger partial charge in [-0.25, -0.2) is 4.98 Å². The molecule has 1 aromatic heterocycles. The number of imidazole rings is 1. The summed E-state index contributed by atoms with van der Waals surface area (Å²) in [4.78, 5) is 16.1. The van der Waals surface area contributed by atoms with Gasteiger partial charge in [0.05, 0.1) is 11.0 Å². The first-order chi connectivity index (χ1) is 11.2. The van der Waals surface area contributed by atoms with Crippen molar-refractivity contribution in [2.45, 2.75) is 26.2 Å². The fraction of sp³-hybridized carbons (Fsp3) is 0.263. The number of fused-ring (bicyclic) bond motifs is 1. The summed E-state index contributed by atoms with van der Waals surface area (Å²) in [6, 6.07) is 16.2. The standard InChI is InChI=1S/C19H21N3O/c1-3-19(23)20-15-11-8-14(9-12-15)10-13-18-21-16-6-4-5-7-17(16)22(18)2/h4-9,11-12H,3,10,13H2,1-2H3,(H,20,23). The summed E-state index contributed by atoms with van der Waals surface area (Å²) in [6.45, 7) is 1.85. The van der Waals surface area contributed by atoms with Crippen LogP contribution in [0.5, 0.6) is 0 Å². The summed E-state index contributed by atoms with van der Waals surface area (Å²) in [7, 11) is 2.06. The van der Waals surface area contributed by atoms with Crippen LogP contribution in [-0.4, -0.2) is 15.5 Å². The molecule has 1 amide bonds. The van der Waals surface area contributed by atoms with Crippen LogP contribution in [0.3, 0.4) is 0 Å². The minimum absolute atomic E-state index is 0.0393. The molecule has 0 atom stereocenters. The Bertz CT molecular complexity index is 818. The third-order valence-electron chi connectivity index (χ3n) is 4.08. The van der Waals surface area contributed by atoms with Crippen LogP contribution in [0.4, 0.5) is 5.69 Å². The number of anilines is 1. The molecule has 2 aromatic carbocycles. The molecule has 1 N–H and O–H groups in total. The SMILES string of the molecule is CCC(=O)Nc1ccc(CCc2nc3ccccc3n2C)cc1. The second-order valence-corrected chi connectivity index (χ2v) is 5.67. The molecule has 1 heterocycles. The number of aromatic nitrogens is 2. The smallest absolute Gasteiger partial charge is 0.224 e. The van der Waals surface area contributed by atoms with Gasteiger partial charge < -0.3 is 9.88 Å². The lowest BCUT2D eigenvalue weighted by atomic mass is 10.1. The van der Waals surface area contributed by atoms with Crippen molar-refractivity contribution in [3.63, 3.8) is 0 Å². The first kappa shape index (κ1) is 15.3. The van der Waals surface area contributed by atoms with E-state index in [0.717, 1.165) is 29.9 Å². The number of carbonyl (C=O) groups is 1. The van der Waals surface area contributed by atoms with Gasteiger partial charge in [0.1, 0.15) is 5.82 Å². The third-order valence-corrected chi connectivity index (χ3v) is 4.08. The topological polar surface area (TPSA) is 46.9 Å². The van der Waals surface area contributed by atoms with Crippen LogP contribution in [-0.2, 0) is 24.7 Å². The molecule has 4 heteroatoms. The van der Waals surface area contributed by atoms with Gasteiger partial charge in [-0.1, -0.05) is 31.2 Å². The molecule has 0 fully saturated rings. The Morgan fingerprint density at radius 2 is 1.83 bits per heavy atom. The zero-order valence-electron chi connectivity index (χ0n) is 13.5. The number of benzene rings is 2. The number of hydrogen-bond acceptors (Lipinski definition) is 2. The average Bonchev–Trinajstić information content (AvgIpc) is 2.90. The first-order valence-corrected chi connectivity index (χ1v) is 7.96. The molecule has 0 unspecified atom stereocenters. The monoisotopic (exact) mass is 307 g/mol. The molecular formula is C19H21N3O. The maximum absolute atomic E-state index is 11.4. The zero-order valence-corrected chi connectivity index (χ0v) is 13.5. The summed E-state index contributed by atoms with van der Waals surface area (Å²) in [5.74, 6) is 1.13. The summed E-state index contributed by atoms with van der Waals surface area (Å²) < 4.78 is 2.16. The molecule has 0 aliphatic rings. The van der Waals surface area contributed by atoms with Crippen molar-refractivity contribution in [2.24, 2.45) is 7.05 Å². The average molecular weight is 307 g/mol. The Labute approximate surface area is 136 Å².